The van der Waals surface area contributed by atoms with Crippen LogP contribution in [0.15, 0.2) is 87.1 Å². The maximum Gasteiger partial charge on any atom is 0.490 e. The van der Waals surface area contributed by atoms with Crippen LogP contribution in [0.2, 0.25) is 0 Å². The third-order valence-corrected chi connectivity index (χ3v) is 12.6. The van der Waals surface area contributed by atoms with Crippen LogP contribution >= 0.6 is 15.9 Å². The first-order valence-electron chi connectivity index (χ1n) is 24.4. The molecule has 4 aromatic rings. The first-order chi connectivity index (χ1) is 34.8. The molecule has 0 saturated carbocycles. The van der Waals surface area contributed by atoms with E-state index in [1.807, 2.05) is 95.1 Å². The number of piperidine rings is 2. The summed E-state index contributed by atoms with van der Waals surface area (Å²) < 4.78 is 47.7. The number of likely N-dealkylation sites (tertiary alicyclic amines) is 2. The Morgan fingerprint density at radius 3 is 1.42 bits per heavy atom. The molecular formula is C52H70BBrF2N6O12. The SMILES string of the molecule is COC(=O)C1CCN(CC[C@@H](NC(=O)OC(C)(C)C)c2ccc(-c3c[nH]c(=O)c(F)c3)cc2)CC1.COC(=O)C1CCN(CC[C@@H](NC(=O)OC(C)(C)C)c2ccc(Br)cc2)CC1.O=c1[nH]cc(B(O)O)cc1F. The van der Waals surface area contributed by atoms with E-state index in [1.54, 1.807) is 0 Å². The number of carbonyl (C=O) groups is 4. The Hall–Kier alpha value is -5.94. The number of halogens is 3. The van der Waals surface area contributed by atoms with Crippen LogP contribution in [0.3, 0.4) is 0 Å². The zero-order valence-corrected chi connectivity index (χ0v) is 44.9. The number of methoxy groups -OCH3 is 2. The minimum absolute atomic E-state index is 0.00316. The standard InChI is InChI=1S/C26H34FN3O5.C21H31BrN2O4.C5H5BFNO3/c1-26(2,3)35-25(33)29-22(11-14-30-12-9-19(10-13-30)24(32)34-4)18-7-5-17(6-8-18)20-15-21(27)23(31)28-16-20;1-21(2,3)28-20(26)23-18(15-5-7-17(22)8-6-15)11-14-24-12-9-16(10-13-24)19(25)27-4;7-4-1-3(6(10)11)2-8-5(4)9/h5-8,15-16,19,22H,9-14H2,1-4H3,(H,28,31)(H,29,33);5-8,16,18H,9-14H2,1-4H3,(H,23,26);1-2,10-11H,(H,8,9)/t22-;18-;/m11./s1. The second kappa shape index (κ2) is 28.7. The molecule has 2 aromatic heterocycles. The van der Waals surface area contributed by atoms with E-state index >= 15 is 0 Å². The Balaban J connectivity index is 0.000000270. The summed E-state index contributed by atoms with van der Waals surface area (Å²) >= 11 is 3.45. The fourth-order valence-corrected chi connectivity index (χ4v) is 8.40. The van der Waals surface area contributed by atoms with Gasteiger partial charge in [0.1, 0.15) is 11.2 Å². The van der Waals surface area contributed by atoms with Crippen molar-refractivity contribution in [2.45, 2.75) is 103 Å². The molecule has 2 saturated heterocycles. The predicted molar refractivity (Wildman–Crippen MR) is 279 cm³/mol. The summed E-state index contributed by atoms with van der Waals surface area (Å²) in [5.41, 5.74) is 0.335. The van der Waals surface area contributed by atoms with Gasteiger partial charge in [0, 0.05) is 41.0 Å². The van der Waals surface area contributed by atoms with Gasteiger partial charge in [-0.25, -0.2) is 18.4 Å². The molecule has 6 N–H and O–H groups in total. The van der Waals surface area contributed by atoms with Crippen molar-refractivity contribution < 1.29 is 57.0 Å². The van der Waals surface area contributed by atoms with Crippen LogP contribution in [0, 0.1) is 23.5 Å². The van der Waals surface area contributed by atoms with Gasteiger partial charge in [-0.2, -0.15) is 0 Å². The molecule has 0 aliphatic carbocycles. The molecule has 2 amide bonds. The number of aromatic amines is 2. The summed E-state index contributed by atoms with van der Waals surface area (Å²) in [6.07, 6.45) is 6.14. The summed E-state index contributed by atoms with van der Waals surface area (Å²) in [5, 5.41) is 23.0. The van der Waals surface area contributed by atoms with Crippen LogP contribution in [0.25, 0.3) is 11.1 Å². The fourth-order valence-electron chi connectivity index (χ4n) is 8.13. The Morgan fingerprint density at radius 2 is 1.05 bits per heavy atom. The second-order valence-electron chi connectivity index (χ2n) is 20.0. The van der Waals surface area contributed by atoms with Gasteiger partial charge in [0.2, 0.25) is 0 Å². The Labute approximate surface area is 439 Å². The smallest absolute Gasteiger partial charge is 0.469 e. The van der Waals surface area contributed by atoms with Crippen molar-refractivity contribution in [3.05, 3.63) is 121 Å². The van der Waals surface area contributed by atoms with Gasteiger partial charge in [-0.1, -0.05) is 52.3 Å². The number of nitrogens with one attached hydrogen (secondary N) is 4. The van der Waals surface area contributed by atoms with Gasteiger partial charge in [-0.05, 0) is 147 Å². The maximum atomic E-state index is 13.7. The highest BCUT2D eigenvalue weighted by Crippen LogP contribution is 2.27. The Bertz CT molecular complexity index is 2560. The number of alkyl carbamates (subject to hydrolysis) is 2. The maximum absolute atomic E-state index is 13.7. The van der Waals surface area contributed by atoms with Crippen molar-refractivity contribution in [1.82, 2.24) is 30.4 Å². The molecule has 0 radical (unpaired) electrons. The molecule has 2 aliphatic rings. The zero-order chi connectivity index (χ0) is 54.8. The summed E-state index contributed by atoms with van der Waals surface area (Å²) in [7, 11) is 1.10. The largest absolute Gasteiger partial charge is 0.490 e. The highest BCUT2D eigenvalue weighted by atomic mass is 79.9. The number of benzene rings is 2. The lowest BCUT2D eigenvalue weighted by molar-refractivity contribution is -0.147. The molecule has 0 bridgehead atoms. The Kier molecular flexibility index (Phi) is 23.5. The van der Waals surface area contributed by atoms with Gasteiger partial charge < -0.3 is 59.4 Å². The number of hydrogen-bond donors (Lipinski definition) is 6. The first-order valence-corrected chi connectivity index (χ1v) is 25.2. The van der Waals surface area contributed by atoms with Gasteiger partial charge in [0.05, 0.1) is 38.1 Å². The van der Waals surface area contributed by atoms with E-state index in [0.29, 0.717) is 12.0 Å². The molecule has 4 heterocycles. The van der Waals surface area contributed by atoms with Crippen molar-refractivity contribution in [2.75, 3.05) is 53.5 Å². The molecule has 0 spiro atoms. The van der Waals surface area contributed by atoms with E-state index in [1.165, 1.54) is 26.5 Å². The molecule has 2 atom stereocenters. The van der Waals surface area contributed by atoms with Crippen LogP contribution in [-0.4, -0.2) is 126 Å². The fraction of sp³-hybridized carbons (Fsp3) is 0.500. The van der Waals surface area contributed by atoms with Crippen molar-refractivity contribution in [3.63, 3.8) is 0 Å². The molecule has 74 heavy (non-hydrogen) atoms. The number of pyridine rings is 2. The number of H-pyrrole nitrogens is 2. The molecule has 2 aliphatic heterocycles. The minimum atomic E-state index is -1.76. The second-order valence-corrected chi connectivity index (χ2v) is 20.9. The number of amides is 2. The van der Waals surface area contributed by atoms with Crippen LogP contribution in [-0.2, 0) is 28.5 Å². The van der Waals surface area contributed by atoms with Gasteiger partial charge in [0.25, 0.3) is 11.1 Å². The average molecular weight is 1100 g/mol. The van der Waals surface area contributed by atoms with Crippen molar-refractivity contribution in [3.8, 4) is 11.1 Å². The molecule has 22 heteroatoms. The molecule has 2 aromatic carbocycles. The third kappa shape index (κ3) is 20.8. The van der Waals surface area contributed by atoms with E-state index in [-0.39, 0.29) is 41.3 Å². The lowest BCUT2D eigenvalue weighted by Crippen LogP contribution is -2.40. The third-order valence-electron chi connectivity index (χ3n) is 12.0. The van der Waals surface area contributed by atoms with Gasteiger partial charge in [-0.3, -0.25) is 19.2 Å². The van der Waals surface area contributed by atoms with Crippen molar-refractivity contribution >= 4 is 52.6 Å². The lowest BCUT2D eigenvalue weighted by Gasteiger charge is -2.32. The van der Waals surface area contributed by atoms with Crippen LogP contribution in [0.4, 0.5) is 18.4 Å². The number of carbonyl (C=O) groups excluding carboxylic acids is 4. The first kappa shape index (κ1) is 60.6. The molecule has 18 nitrogen and oxygen atoms in total. The minimum Gasteiger partial charge on any atom is -0.469 e. The number of esters is 2. The number of rotatable bonds is 14. The average Bonchev–Trinajstić information content (AvgIpc) is 3.35. The zero-order valence-electron chi connectivity index (χ0n) is 43.3. The van der Waals surface area contributed by atoms with E-state index < -0.39 is 53.3 Å². The van der Waals surface area contributed by atoms with E-state index in [4.69, 9.17) is 29.0 Å². The highest BCUT2D eigenvalue weighted by molar-refractivity contribution is 9.10. The normalized spacial score (nSPS) is 15.4. The van der Waals surface area contributed by atoms with E-state index in [2.05, 4.69) is 41.3 Å². The number of ether oxygens (including phenoxy) is 4. The van der Waals surface area contributed by atoms with E-state index in [9.17, 15) is 37.5 Å². The highest BCUT2D eigenvalue weighted by Gasteiger charge is 2.29. The Morgan fingerprint density at radius 1 is 0.662 bits per heavy atom. The number of aromatic nitrogens is 2. The van der Waals surface area contributed by atoms with E-state index in [0.717, 1.165) is 105 Å². The molecule has 0 unspecified atom stereocenters. The summed E-state index contributed by atoms with van der Waals surface area (Å²) in [5.74, 6) is -2.20. The lowest BCUT2D eigenvalue weighted by atomic mass is 9.82. The monoisotopic (exact) mass is 1100 g/mol. The van der Waals surface area contributed by atoms with Gasteiger partial charge in [0.15, 0.2) is 11.6 Å². The molecular weight excluding hydrogens is 1030 g/mol. The van der Waals surface area contributed by atoms with Crippen LogP contribution in [0.1, 0.15) is 103 Å². The molecule has 6 rings (SSSR count). The van der Waals surface area contributed by atoms with Gasteiger partial charge in [-0.15, -0.1) is 0 Å². The summed E-state index contributed by atoms with van der Waals surface area (Å²) in [6.45, 7) is 15.9. The molecule has 2 fully saturated rings. The van der Waals surface area contributed by atoms with Crippen molar-refractivity contribution in [2.24, 2.45) is 11.8 Å². The van der Waals surface area contributed by atoms with Crippen LogP contribution < -0.4 is 27.2 Å². The number of hydrogen-bond acceptors (Lipinski definition) is 14. The number of nitrogens with zero attached hydrogens (tertiary/aromatic N) is 2. The topological polar surface area (TPSA) is 242 Å². The quantitative estimate of drug-likeness (QED) is 0.0449. The van der Waals surface area contributed by atoms with Crippen LogP contribution in [0.5, 0.6) is 0 Å². The van der Waals surface area contributed by atoms with Gasteiger partial charge >= 0.3 is 31.2 Å². The summed E-state index contributed by atoms with van der Waals surface area (Å²) in [4.78, 5) is 79.0. The summed E-state index contributed by atoms with van der Waals surface area (Å²) in [6, 6.07) is 16.9. The predicted octanol–water partition coefficient (Wildman–Crippen LogP) is 6.51. The molecule has 404 valence electrons. The van der Waals surface area contributed by atoms with Crippen molar-refractivity contribution in [1.29, 1.82) is 0 Å².